The maximum Gasteiger partial charge on any atom is 0.0991 e. The van der Waals surface area contributed by atoms with Gasteiger partial charge in [0, 0.05) is 12.6 Å². The lowest BCUT2D eigenvalue weighted by molar-refractivity contribution is 0.0178. The Morgan fingerprint density at radius 1 is 0.621 bits per heavy atom. The van der Waals surface area contributed by atoms with E-state index >= 15 is 0 Å². The fraction of sp³-hybridized carbons (Fsp3) is 0.280. The van der Waals surface area contributed by atoms with Crippen LogP contribution in [0.4, 0.5) is 0 Å². The summed E-state index contributed by atoms with van der Waals surface area (Å²) >= 11 is 0. The molecule has 0 amide bonds. The molecule has 1 aliphatic rings. The molecule has 0 aliphatic carbocycles. The third-order valence-corrected chi connectivity index (χ3v) is 5.89. The molecule has 3 aromatic carbocycles. The highest BCUT2D eigenvalue weighted by atomic mass is 16.3. The average molecular weight is 389 g/mol. The molecular formula is C25H27NO3. The molecule has 3 aromatic rings. The summed E-state index contributed by atoms with van der Waals surface area (Å²) in [4.78, 5) is 2.04. The van der Waals surface area contributed by atoms with Gasteiger partial charge in [-0.1, -0.05) is 84.9 Å². The Morgan fingerprint density at radius 3 is 1.79 bits per heavy atom. The maximum atomic E-state index is 10.7. The summed E-state index contributed by atoms with van der Waals surface area (Å²) < 4.78 is 0. The first kappa shape index (κ1) is 19.8. The van der Waals surface area contributed by atoms with Crippen LogP contribution in [0.5, 0.6) is 0 Å². The van der Waals surface area contributed by atoms with Gasteiger partial charge in [0.05, 0.1) is 24.9 Å². The quantitative estimate of drug-likeness (QED) is 0.607. The fourth-order valence-corrected chi connectivity index (χ4v) is 4.28. The van der Waals surface area contributed by atoms with E-state index < -0.39 is 18.2 Å². The van der Waals surface area contributed by atoms with Gasteiger partial charge in [0.25, 0.3) is 0 Å². The molecular weight excluding hydrogens is 362 g/mol. The summed E-state index contributed by atoms with van der Waals surface area (Å²) in [6.07, 6.45) is -1.23. The molecule has 0 bridgehead atoms. The zero-order valence-electron chi connectivity index (χ0n) is 16.3. The molecule has 4 nitrogen and oxygen atoms in total. The van der Waals surface area contributed by atoms with Crippen LogP contribution in [0, 0.1) is 0 Å². The van der Waals surface area contributed by atoms with Gasteiger partial charge >= 0.3 is 0 Å². The van der Waals surface area contributed by atoms with Crippen molar-refractivity contribution >= 4 is 0 Å². The Hall–Kier alpha value is -2.50. The Balaban J connectivity index is 1.55. The summed E-state index contributed by atoms with van der Waals surface area (Å²) in [5.74, 6) is 0. The van der Waals surface area contributed by atoms with Gasteiger partial charge in [0.15, 0.2) is 0 Å². The molecule has 1 heterocycles. The zero-order chi connectivity index (χ0) is 20.2. The molecule has 1 fully saturated rings. The predicted molar refractivity (Wildman–Crippen MR) is 114 cm³/mol. The van der Waals surface area contributed by atoms with Crippen molar-refractivity contribution < 1.29 is 15.3 Å². The van der Waals surface area contributed by atoms with Gasteiger partial charge in [0.1, 0.15) is 0 Å². The first-order valence-electron chi connectivity index (χ1n) is 10.1. The summed E-state index contributed by atoms with van der Waals surface area (Å²) in [5, 5.41) is 31.0. The van der Waals surface area contributed by atoms with E-state index in [4.69, 9.17) is 0 Å². The van der Waals surface area contributed by atoms with Crippen molar-refractivity contribution in [2.45, 2.75) is 37.3 Å². The van der Waals surface area contributed by atoms with Crippen molar-refractivity contribution in [3.8, 4) is 11.1 Å². The van der Waals surface area contributed by atoms with Gasteiger partial charge in [-0.25, -0.2) is 0 Å². The molecule has 0 radical (unpaired) electrons. The average Bonchev–Trinajstić information content (AvgIpc) is 2.99. The SMILES string of the molecule is OC[C@@H]1[C@@H](O)[C@@H](O)[C@H](Cc2ccccc2)N1Cc1ccc(-c2ccccc2)cc1. The van der Waals surface area contributed by atoms with E-state index in [0.717, 1.165) is 16.7 Å². The third kappa shape index (κ3) is 4.26. The highest BCUT2D eigenvalue weighted by molar-refractivity contribution is 5.63. The minimum atomic E-state index is -0.961. The lowest BCUT2D eigenvalue weighted by Crippen LogP contribution is -2.41. The number of rotatable bonds is 6. The first-order valence-corrected chi connectivity index (χ1v) is 10.1. The van der Waals surface area contributed by atoms with Crippen LogP contribution < -0.4 is 0 Å². The standard InChI is InChI=1S/C25H27NO3/c27-17-23-25(29)24(28)22(15-18-7-3-1-4-8-18)26(23)16-19-11-13-21(14-12-19)20-9-5-2-6-10-20/h1-14,22-25,27-29H,15-17H2/t22-,23+,24-,25+/m0/s1. The van der Waals surface area contributed by atoms with Crippen LogP contribution in [-0.2, 0) is 13.0 Å². The number of likely N-dealkylation sites (tertiary alicyclic amines) is 1. The molecule has 1 saturated heterocycles. The Kier molecular flexibility index (Phi) is 6.07. The van der Waals surface area contributed by atoms with Gasteiger partial charge in [0.2, 0.25) is 0 Å². The smallest absolute Gasteiger partial charge is 0.0991 e. The minimum absolute atomic E-state index is 0.189. The topological polar surface area (TPSA) is 63.9 Å². The van der Waals surface area contributed by atoms with E-state index in [-0.39, 0.29) is 12.6 Å². The minimum Gasteiger partial charge on any atom is -0.395 e. The highest BCUT2D eigenvalue weighted by Crippen LogP contribution is 2.30. The number of aliphatic hydroxyl groups excluding tert-OH is 3. The molecule has 0 saturated carbocycles. The molecule has 0 spiro atoms. The van der Waals surface area contributed by atoms with E-state index in [1.807, 2.05) is 53.4 Å². The van der Waals surface area contributed by atoms with Crippen LogP contribution in [0.3, 0.4) is 0 Å². The largest absolute Gasteiger partial charge is 0.395 e. The Morgan fingerprint density at radius 2 is 1.17 bits per heavy atom. The molecule has 150 valence electrons. The molecule has 4 rings (SSSR count). The van der Waals surface area contributed by atoms with Crippen molar-refractivity contribution in [3.05, 3.63) is 96.1 Å². The van der Waals surface area contributed by atoms with Gasteiger partial charge in [-0.3, -0.25) is 4.90 Å². The van der Waals surface area contributed by atoms with Crippen LogP contribution in [-0.4, -0.2) is 51.1 Å². The maximum absolute atomic E-state index is 10.7. The Labute approximate surface area is 171 Å². The number of hydrogen-bond donors (Lipinski definition) is 3. The van der Waals surface area contributed by atoms with E-state index in [1.165, 1.54) is 5.56 Å². The number of aliphatic hydroxyl groups is 3. The van der Waals surface area contributed by atoms with Crippen molar-refractivity contribution in [1.82, 2.24) is 4.90 Å². The second kappa shape index (κ2) is 8.89. The Bertz CT molecular complexity index is 898. The fourth-order valence-electron chi connectivity index (χ4n) is 4.28. The summed E-state index contributed by atoms with van der Waals surface area (Å²) in [7, 11) is 0. The normalized spacial score (nSPS) is 24.7. The van der Waals surface area contributed by atoms with E-state index in [0.29, 0.717) is 13.0 Å². The van der Waals surface area contributed by atoms with Gasteiger partial charge in [-0.2, -0.15) is 0 Å². The lowest BCUT2D eigenvalue weighted by Gasteiger charge is -2.30. The lowest BCUT2D eigenvalue weighted by atomic mass is 10.0. The van der Waals surface area contributed by atoms with Crippen LogP contribution in [0.2, 0.25) is 0 Å². The van der Waals surface area contributed by atoms with Crippen LogP contribution in [0.15, 0.2) is 84.9 Å². The second-order valence-electron chi connectivity index (χ2n) is 7.72. The van der Waals surface area contributed by atoms with Crippen molar-refractivity contribution in [2.75, 3.05) is 6.61 Å². The van der Waals surface area contributed by atoms with Crippen molar-refractivity contribution in [3.63, 3.8) is 0 Å². The molecule has 3 N–H and O–H groups in total. The predicted octanol–water partition coefficient (Wildman–Crippen LogP) is 2.86. The number of benzene rings is 3. The third-order valence-electron chi connectivity index (χ3n) is 5.89. The molecule has 29 heavy (non-hydrogen) atoms. The van der Waals surface area contributed by atoms with Gasteiger partial charge < -0.3 is 15.3 Å². The van der Waals surface area contributed by atoms with Crippen molar-refractivity contribution in [1.29, 1.82) is 0 Å². The van der Waals surface area contributed by atoms with Crippen LogP contribution in [0.25, 0.3) is 11.1 Å². The van der Waals surface area contributed by atoms with Crippen LogP contribution >= 0.6 is 0 Å². The first-order chi connectivity index (χ1) is 14.2. The second-order valence-corrected chi connectivity index (χ2v) is 7.72. The number of hydrogen-bond acceptors (Lipinski definition) is 4. The van der Waals surface area contributed by atoms with E-state index in [9.17, 15) is 15.3 Å². The summed E-state index contributed by atoms with van der Waals surface area (Å²) in [5.41, 5.74) is 4.51. The van der Waals surface area contributed by atoms with E-state index in [2.05, 4.69) is 36.4 Å². The van der Waals surface area contributed by atoms with E-state index in [1.54, 1.807) is 0 Å². The summed E-state index contributed by atoms with van der Waals surface area (Å²) in [6.45, 7) is 0.373. The molecule has 4 heteroatoms. The molecule has 0 aromatic heterocycles. The molecule has 4 atom stereocenters. The molecule has 0 unspecified atom stereocenters. The number of nitrogens with zero attached hydrogens (tertiary/aromatic N) is 1. The summed E-state index contributed by atoms with van der Waals surface area (Å²) in [6, 6.07) is 27.8. The highest BCUT2D eigenvalue weighted by Gasteiger charge is 2.46. The van der Waals surface area contributed by atoms with Crippen molar-refractivity contribution in [2.24, 2.45) is 0 Å². The van der Waals surface area contributed by atoms with Gasteiger partial charge in [-0.05, 0) is 28.7 Å². The molecule has 1 aliphatic heterocycles. The van der Waals surface area contributed by atoms with Crippen LogP contribution in [0.1, 0.15) is 11.1 Å². The zero-order valence-corrected chi connectivity index (χ0v) is 16.3. The monoisotopic (exact) mass is 389 g/mol. The van der Waals surface area contributed by atoms with Gasteiger partial charge in [-0.15, -0.1) is 0 Å².